The lowest BCUT2D eigenvalue weighted by atomic mass is 10.0. The number of aliphatic hydroxyl groups excluding tert-OH is 1. The second-order valence-corrected chi connectivity index (χ2v) is 7.88. The van der Waals surface area contributed by atoms with Crippen molar-refractivity contribution in [3.8, 4) is 0 Å². The van der Waals surface area contributed by atoms with Gasteiger partial charge in [-0.25, -0.2) is 0 Å². The van der Waals surface area contributed by atoms with E-state index >= 15 is 0 Å². The van der Waals surface area contributed by atoms with Crippen molar-refractivity contribution in [1.82, 2.24) is 0 Å². The molecule has 0 aliphatic heterocycles. The van der Waals surface area contributed by atoms with Crippen molar-refractivity contribution in [1.29, 1.82) is 0 Å². The normalized spacial score (nSPS) is 30.6. The lowest BCUT2D eigenvalue weighted by Crippen LogP contribution is -1.90. The summed E-state index contributed by atoms with van der Waals surface area (Å²) < 4.78 is 0. The molecule has 0 spiro atoms. The Hall–Kier alpha value is -0.0400. The lowest BCUT2D eigenvalue weighted by molar-refractivity contribution is 0.282. The van der Waals surface area contributed by atoms with Crippen LogP contribution in [0.25, 0.3) is 0 Å². The van der Waals surface area contributed by atoms with Gasteiger partial charge in [0, 0.05) is 6.61 Å². The van der Waals surface area contributed by atoms with E-state index in [0.29, 0.717) is 6.61 Å². The summed E-state index contributed by atoms with van der Waals surface area (Å²) in [6.45, 7) is 2.69. The molecule has 0 unspecified atom stereocenters. The van der Waals surface area contributed by atoms with E-state index in [4.69, 9.17) is 5.11 Å². The van der Waals surface area contributed by atoms with Crippen LogP contribution >= 0.6 is 0 Å². The third-order valence-corrected chi connectivity index (χ3v) is 5.91. The monoisotopic (exact) mass is 294 g/mol. The van der Waals surface area contributed by atoms with Gasteiger partial charge >= 0.3 is 0 Å². The van der Waals surface area contributed by atoms with Gasteiger partial charge in [0.2, 0.25) is 0 Å². The Labute approximate surface area is 132 Å². The highest BCUT2D eigenvalue weighted by molar-refractivity contribution is 4.94. The summed E-state index contributed by atoms with van der Waals surface area (Å²) in [6, 6.07) is 0. The van der Waals surface area contributed by atoms with Crippen LogP contribution in [0.4, 0.5) is 0 Å². The molecule has 2 aliphatic carbocycles. The van der Waals surface area contributed by atoms with Gasteiger partial charge in [0.15, 0.2) is 0 Å². The van der Waals surface area contributed by atoms with Crippen molar-refractivity contribution in [3.63, 3.8) is 0 Å². The fraction of sp³-hybridized carbons (Fsp3) is 1.00. The summed E-state index contributed by atoms with van der Waals surface area (Å²) in [7, 11) is 0. The molecule has 0 aromatic rings. The lowest BCUT2D eigenvalue weighted by Gasteiger charge is -2.02. The van der Waals surface area contributed by atoms with Gasteiger partial charge in [-0.1, -0.05) is 71.1 Å². The van der Waals surface area contributed by atoms with Crippen molar-refractivity contribution in [2.45, 2.75) is 96.8 Å². The highest BCUT2D eigenvalue weighted by Gasteiger charge is 2.44. The second-order valence-electron chi connectivity index (χ2n) is 7.88. The molecule has 1 N–H and O–H groups in total. The van der Waals surface area contributed by atoms with Gasteiger partial charge in [-0.3, -0.25) is 0 Å². The average Bonchev–Trinajstić information content (AvgIpc) is 3.39. The van der Waals surface area contributed by atoms with Gasteiger partial charge in [0.05, 0.1) is 0 Å². The van der Waals surface area contributed by atoms with Crippen molar-refractivity contribution >= 4 is 0 Å². The fourth-order valence-electron chi connectivity index (χ4n) is 4.18. The Kier molecular flexibility index (Phi) is 8.14. The van der Waals surface area contributed by atoms with Gasteiger partial charge in [0.25, 0.3) is 0 Å². The van der Waals surface area contributed by atoms with Gasteiger partial charge in [-0.2, -0.15) is 0 Å². The van der Waals surface area contributed by atoms with Crippen LogP contribution < -0.4 is 0 Å². The first-order valence-electron chi connectivity index (χ1n) is 9.96. The van der Waals surface area contributed by atoms with Gasteiger partial charge in [-0.05, 0) is 49.4 Å². The molecule has 2 fully saturated rings. The van der Waals surface area contributed by atoms with Crippen LogP contribution in [0.2, 0.25) is 0 Å². The Bertz CT molecular complexity index is 263. The van der Waals surface area contributed by atoms with Crippen molar-refractivity contribution in [3.05, 3.63) is 0 Å². The van der Waals surface area contributed by atoms with E-state index in [2.05, 4.69) is 6.92 Å². The molecule has 0 amide bonds. The molecule has 0 bridgehead atoms. The van der Waals surface area contributed by atoms with Crippen LogP contribution in [0.3, 0.4) is 0 Å². The van der Waals surface area contributed by atoms with Crippen LogP contribution in [0.5, 0.6) is 0 Å². The third-order valence-electron chi connectivity index (χ3n) is 5.91. The molecule has 0 heterocycles. The maximum Gasteiger partial charge on any atom is 0.0431 e. The van der Waals surface area contributed by atoms with E-state index in [1.165, 1.54) is 64.2 Å². The maximum atomic E-state index is 8.74. The predicted molar refractivity (Wildman–Crippen MR) is 91.4 cm³/mol. The summed E-state index contributed by atoms with van der Waals surface area (Å²) in [4.78, 5) is 0. The Balaban J connectivity index is 1.36. The molecule has 0 aromatic heterocycles. The van der Waals surface area contributed by atoms with Crippen LogP contribution in [-0.2, 0) is 0 Å². The van der Waals surface area contributed by atoms with E-state index in [0.717, 1.165) is 30.1 Å². The fourth-order valence-corrected chi connectivity index (χ4v) is 4.18. The van der Waals surface area contributed by atoms with E-state index in [9.17, 15) is 0 Å². The minimum Gasteiger partial charge on any atom is -0.396 e. The number of unbranched alkanes of at least 4 members (excludes halogenated alkanes) is 7. The van der Waals surface area contributed by atoms with Crippen LogP contribution in [0.15, 0.2) is 0 Å². The highest BCUT2D eigenvalue weighted by Crippen LogP contribution is 2.54. The minimum atomic E-state index is 0.379. The number of hydrogen-bond acceptors (Lipinski definition) is 1. The average molecular weight is 295 g/mol. The molecule has 0 radical (unpaired) electrons. The summed E-state index contributed by atoms with van der Waals surface area (Å²) in [5.74, 6) is 4.50. The Morgan fingerprint density at radius 1 is 0.667 bits per heavy atom. The topological polar surface area (TPSA) is 20.2 Å². The van der Waals surface area contributed by atoms with Gasteiger partial charge in [-0.15, -0.1) is 0 Å². The molecule has 0 aromatic carbocycles. The molecule has 0 saturated heterocycles. The quantitative estimate of drug-likeness (QED) is 0.392. The molecule has 1 heteroatoms. The van der Waals surface area contributed by atoms with Crippen LogP contribution in [-0.4, -0.2) is 11.7 Å². The molecule has 1 nitrogen and oxygen atoms in total. The summed E-state index contributed by atoms with van der Waals surface area (Å²) in [5.41, 5.74) is 0. The zero-order valence-electron chi connectivity index (χ0n) is 14.4. The first-order chi connectivity index (χ1) is 10.3. The number of rotatable bonds is 14. The van der Waals surface area contributed by atoms with Crippen LogP contribution in [0, 0.1) is 23.7 Å². The molecule has 2 aliphatic rings. The molecule has 2 rings (SSSR count). The largest absolute Gasteiger partial charge is 0.396 e. The SMILES string of the molecule is CCCCC[C@H]1C[C@H]1C[C@H]1C[C@H]1CCCCCCCCO. The smallest absolute Gasteiger partial charge is 0.0431 e. The summed E-state index contributed by atoms with van der Waals surface area (Å²) in [6.07, 6.45) is 19.9. The van der Waals surface area contributed by atoms with Crippen molar-refractivity contribution in [2.24, 2.45) is 23.7 Å². The first-order valence-corrected chi connectivity index (χ1v) is 9.96. The standard InChI is InChI=1S/C20H38O/c1-2-3-8-11-17-14-19(17)16-20-15-18(20)12-9-6-4-5-7-10-13-21/h17-21H,2-16H2,1H3/t17-,18+,19-,20+/m0/s1. The van der Waals surface area contributed by atoms with Crippen LogP contribution in [0.1, 0.15) is 96.8 Å². The predicted octanol–water partition coefficient (Wildman–Crippen LogP) is 5.95. The maximum absolute atomic E-state index is 8.74. The molecule has 124 valence electrons. The molecule has 21 heavy (non-hydrogen) atoms. The van der Waals surface area contributed by atoms with Gasteiger partial charge in [0.1, 0.15) is 0 Å². The summed E-state index contributed by atoms with van der Waals surface area (Å²) in [5, 5.41) is 8.74. The second kappa shape index (κ2) is 9.87. The van der Waals surface area contributed by atoms with E-state index in [1.807, 2.05) is 0 Å². The summed E-state index contributed by atoms with van der Waals surface area (Å²) >= 11 is 0. The van der Waals surface area contributed by atoms with E-state index in [-0.39, 0.29) is 0 Å². The Morgan fingerprint density at radius 3 is 1.76 bits per heavy atom. The van der Waals surface area contributed by atoms with E-state index < -0.39 is 0 Å². The molecule has 2 saturated carbocycles. The van der Waals surface area contributed by atoms with Crippen molar-refractivity contribution < 1.29 is 5.11 Å². The van der Waals surface area contributed by atoms with Crippen molar-refractivity contribution in [2.75, 3.05) is 6.61 Å². The zero-order chi connectivity index (χ0) is 14.9. The number of aliphatic hydroxyl groups is 1. The Morgan fingerprint density at radius 2 is 1.19 bits per heavy atom. The molecule has 4 atom stereocenters. The first kappa shape index (κ1) is 17.3. The zero-order valence-corrected chi connectivity index (χ0v) is 14.4. The molecular weight excluding hydrogens is 256 g/mol. The van der Waals surface area contributed by atoms with Gasteiger partial charge < -0.3 is 5.11 Å². The minimum absolute atomic E-state index is 0.379. The highest BCUT2D eigenvalue weighted by atomic mass is 16.2. The third kappa shape index (κ3) is 7.17. The number of hydrogen-bond donors (Lipinski definition) is 1. The van der Waals surface area contributed by atoms with E-state index in [1.54, 1.807) is 19.3 Å². The molecular formula is C20H38O.